The van der Waals surface area contributed by atoms with Crippen LogP contribution in [0, 0.1) is 6.92 Å². The molecule has 3 aromatic rings. The minimum atomic E-state index is 0.0103. The van der Waals surface area contributed by atoms with Crippen LogP contribution >= 0.6 is 0 Å². The second-order valence-corrected chi connectivity index (χ2v) is 8.61. The Morgan fingerprint density at radius 1 is 1.10 bits per heavy atom. The SMILES string of the molecule is Cc1cc(Nc2ncc3c(=O)n(C4CCC4)n(C)c3n2)ccc1N1CCN(C)CC1. The average Bonchev–Trinajstić information content (AvgIpc) is 2.93. The van der Waals surface area contributed by atoms with Gasteiger partial charge in [0, 0.05) is 50.8 Å². The van der Waals surface area contributed by atoms with E-state index in [1.54, 1.807) is 6.20 Å². The van der Waals surface area contributed by atoms with Gasteiger partial charge in [-0.3, -0.25) is 9.48 Å². The van der Waals surface area contributed by atoms with Crippen molar-refractivity contribution in [2.75, 3.05) is 43.4 Å². The van der Waals surface area contributed by atoms with Gasteiger partial charge in [0.2, 0.25) is 5.95 Å². The van der Waals surface area contributed by atoms with Crippen molar-refractivity contribution in [1.82, 2.24) is 24.2 Å². The smallest absolute Gasteiger partial charge is 0.278 e. The highest BCUT2D eigenvalue weighted by Gasteiger charge is 2.25. The fourth-order valence-corrected chi connectivity index (χ4v) is 4.50. The molecule has 2 fully saturated rings. The van der Waals surface area contributed by atoms with E-state index < -0.39 is 0 Å². The van der Waals surface area contributed by atoms with Crippen molar-refractivity contribution in [2.24, 2.45) is 7.05 Å². The van der Waals surface area contributed by atoms with Gasteiger partial charge in [0.25, 0.3) is 5.56 Å². The van der Waals surface area contributed by atoms with Crippen LogP contribution in [0.4, 0.5) is 17.3 Å². The summed E-state index contributed by atoms with van der Waals surface area (Å²) in [5, 5.41) is 3.89. The molecule has 1 aliphatic heterocycles. The lowest BCUT2D eigenvalue weighted by Crippen LogP contribution is -2.44. The maximum atomic E-state index is 12.7. The van der Waals surface area contributed by atoms with Gasteiger partial charge in [-0.1, -0.05) is 0 Å². The molecule has 30 heavy (non-hydrogen) atoms. The van der Waals surface area contributed by atoms with E-state index in [0.29, 0.717) is 17.0 Å². The molecule has 0 bridgehead atoms. The summed E-state index contributed by atoms with van der Waals surface area (Å²) >= 11 is 0. The van der Waals surface area contributed by atoms with E-state index in [-0.39, 0.29) is 11.6 Å². The molecule has 3 heterocycles. The Kier molecular flexibility index (Phi) is 4.73. The Morgan fingerprint density at radius 3 is 2.53 bits per heavy atom. The molecule has 2 aromatic heterocycles. The number of nitrogens with one attached hydrogen (secondary N) is 1. The zero-order chi connectivity index (χ0) is 20.8. The van der Waals surface area contributed by atoms with E-state index in [1.807, 2.05) is 16.4 Å². The first-order valence-electron chi connectivity index (χ1n) is 10.8. The lowest BCUT2D eigenvalue weighted by molar-refractivity contribution is 0.259. The third kappa shape index (κ3) is 3.25. The second kappa shape index (κ2) is 7.43. The van der Waals surface area contributed by atoms with Gasteiger partial charge >= 0.3 is 0 Å². The monoisotopic (exact) mass is 407 g/mol. The minimum Gasteiger partial charge on any atom is -0.369 e. The van der Waals surface area contributed by atoms with Crippen molar-refractivity contribution >= 4 is 28.4 Å². The molecule has 0 spiro atoms. The van der Waals surface area contributed by atoms with Gasteiger partial charge in [-0.2, -0.15) is 4.98 Å². The van der Waals surface area contributed by atoms with E-state index >= 15 is 0 Å². The van der Waals surface area contributed by atoms with Crippen molar-refractivity contribution in [3.05, 3.63) is 40.3 Å². The molecule has 1 aromatic carbocycles. The summed E-state index contributed by atoms with van der Waals surface area (Å²) in [6.07, 6.45) is 4.94. The number of hydrogen-bond acceptors (Lipinski definition) is 6. The van der Waals surface area contributed by atoms with Crippen molar-refractivity contribution in [3.63, 3.8) is 0 Å². The standard InChI is InChI=1S/C22H29N7O/c1-15-13-16(7-8-19(15)28-11-9-26(2)10-12-28)24-22-23-14-18-20(25-22)27(3)29(21(18)30)17-5-4-6-17/h7-8,13-14,17H,4-6,9-12H2,1-3H3,(H,23,24,25). The van der Waals surface area contributed by atoms with Crippen molar-refractivity contribution in [2.45, 2.75) is 32.2 Å². The van der Waals surface area contributed by atoms with Crippen LogP contribution in [-0.2, 0) is 7.05 Å². The number of rotatable bonds is 4. The highest BCUT2D eigenvalue weighted by atomic mass is 16.1. The molecule has 1 saturated carbocycles. The summed E-state index contributed by atoms with van der Waals surface area (Å²) in [7, 11) is 4.08. The van der Waals surface area contributed by atoms with Gasteiger partial charge in [-0.15, -0.1) is 0 Å². The number of aryl methyl sites for hydroxylation is 2. The first kappa shape index (κ1) is 19.1. The fraction of sp³-hybridized carbons (Fsp3) is 0.500. The van der Waals surface area contributed by atoms with Crippen LogP contribution in [0.2, 0.25) is 0 Å². The molecule has 0 radical (unpaired) electrons. The summed E-state index contributed by atoms with van der Waals surface area (Å²) in [6.45, 7) is 6.43. The topological polar surface area (TPSA) is 71.2 Å². The lowest BCUT2D eigenvalue weighted by atomic mass is 9.93. The number of nitrogens with zero attached hydrogens (tertiary/aromatic N) is 6. The normalized spacial score (nSPS) is 18.0. The van der Waals surface area contributed by atoms with E-state index in [2.05, 4.69) is 57.3 Å². The Balaban J connectivity index is 1.39. The van der Waals surface area contributed by atoms with E-state index in [0.717, 1.165) is 44.7 Å². The fourth-order valence-electron chi connectivity index (χ4n) is 4.50. The van der Waals surface area contributed by atoms with Gasteiger partial charge in [0.1, 0.15) is 5.39 Å². The van der Waals surface area contributed by atoms with Crippen molar-refractivity contribution in [1.29, 1.82) is 0 Å². The summed E-state index contributed by atoms with van der Waals surface area (Å²) in [5.74, 6) is 0.510. The number of piperazine rings is 1. The molecule has 1 N–H and O–H groups in total. The first-order chi connectivity index (χ1) is 14.5. The first-order valence-corrected chi connectivity index (χ1v) is 10.8. The second-order valence-electron chi connectivity index (χ2n) is 8.61. The van der Waals surface area contributed by atoms with Crippen LogP contribution in [0.25, 0.3) is 11.0 Å². The molecule has 0 atom stereocenters. The lowest BCUT2D eigenvalue weighted by Gasteiger charge is -2.35. The highest BCUT2D eigenvalue weighted by molar-refractivity contribution is 5.75. The largest absolute Gasteiger partial charge is 0.369 e. The van der Waals surface area contributed by atoms with Crippen LogP contribution in [0.5, 0.6) is 0 Å². The predicted molar refractivity (Wildman–Crippen MR) is 120 cm³/mol. The highest BCUT2D eigenvalue weighted by Crippen LogP contribution is 2.31. The molecule has 0 amide bonds. The number of aromatic nitrogens is 4. The van der Waals surface area contributed by atoms with E-state index in [4.69, 9.17) is 0 Å². The molecule has 8 heteroatoms. The quantitative estimate of drug-likeness (QED) is 0.717. The Bertz CT molecular complexity index is 1140. The number of anilines is 3. The number of hydrogen-bond donors (Lipinski definition) is 1. The maximum absolute atomic E-state index is 12.7. The van der Waals surface area contributed by atoms with Gasteiger partial charge in [0.15, 0.2) is 5.65 Å². The molecule has 1 aliphatic carbocycles. The summed E-state index contributed by atoms with van der Waals surface area (Å²) in [4.78, 5) is 26.6. The molecular formula is C22H29N7O. The van der Waals surface area contributed by atoms with Crippen LogP contribution in [0.3, 0.4) is 0 Å². The van der Waals surface area contributed by atoms with Crippen LogP contribution < -0.4 is 15.8 Å². The minimum absolute atomic E-state index is 0.0103. The molecule has 8 nitrogen and oxygen atoms in total. The molecule has 2 aliphatic rings. The van der Waals surface area contributed by atoms with Gasteiger partial charge in [0.05, 0.1) is 6.04 Å². The van der Waals surface area contributed by atoms with Gasteiger partial charge < -0.3 is 15.1 Å². The van der Waals surface area contributed by atoms with E-state index in [9.17, 15) is 4.79 Å². The third-order valence-electron chi connectivity index (χ3n) is 6.55. The molecule has 158 valence electrons. The number of fused-ring (bicyclic) bond motifs is 1. The van der Waals surface area contributed by atoms with Crippen LogP contribution in [0.15, 0.2) is 29.2 Å². The predicted octanol–water partition coefficient (Wildman–Crippen LogP) is 2.66. The van der Waals surface area contributed by atoms with Crippen LogP contribution in [0.1, 0.15) is 30.9 Å². The van der Waals surface area contributed by atoms with Gasteiger partial charge in [-0.25, -0.2) is 9.67 Å². The van der Waals surface area contributed by atoms with Crippen LogP contribution in [-0.4, -0.2) is 57.5 Å². The third-order valence-corrected chi connectivity index (χ3v) is 6.55. The maximum Gasteiger partial charge on any atom is 0.278 e. The van der Waals surface area contributed by atoms with Crippen molar-refractivity contribution in [3.8, 4) is 0 Å². The summed E-state index contributed by atoms with van der Waals surface area (Å²) in [5.41, 5.74) is 4.15. The zero-order valence-electron chi connectivity index (χ0n) is 17.9. The Labute approximate surface area is 176 Å². The Morgan fingerprint density at radius 2 is 1.87 bits per heavy atom. The molecular weight excluding hydrogens is 378 g/mol. The average molecular weight is 408 g/mol. The van der Waals surface area contributed by atoms with E-state index in [1.165, 1.54) is 17.7 Å². The summed E-state index contributed by atoms with van der Waals surface area (Å²) < 4.78 is 3.72. The zero-order valence-corrected chi connectivity index (χ0v) is 17.9. The van der Waals surface area contributed by atoms with Gasteiger partial charge in [-0.05, 0) is 57.0 Å². The molecule has 0 unspecified atom stereocenters. The number of benzene rings is 1. The number of likely N-dealkylation sites (N-methyl/N-ethyl adjacent to an activating group) is 1. The summed E-state index contributed by atoms with van der Waals surface area (Å²) in [6, 6.07) is 6.68. The van der Waals surface area contributed by atoms with Crippen molar-refractivity contribution < 1.29 is 0 Å². The Hall–Kier alpha value is -2.87. The molecule has 1 saturated heterocycles. The molecule has 5 rings (SSSR count).